The average Bonchev–Trinajstić information content (AvgIpc) is 1.85. The van der Waals surface area contributed by atoms with Gasteiger partial charge < -0.3 is 5.11 Å². The Bertz CT molecular complexity index is 130. The van der Waals surface area contributed by atoms with Crippen molar-refractivity contribution in [2.24, 2.45) is 5.41 Å². The molecule has 66 valence electrons. The molecule has 0 saturated carbocycles. The minimum atomic E-state index is -0.255. The summed E-state index contributed by atoms with van der Waals surface area (Å²) < 4.78 is 0. The molecule has 1 unspecified atom stereocenters. The number of rotatable bonds is 3. The molecule has 0 fully saturated rings. The second-order valence-electron chi connectivity index (χ2n) is 4.19. The largest absolute Gasteiger partial charge is 0.392 e. The lowest BCUT2D eigenvalue weighted by Gasteiger charge is -2.26. The summed E-state index contributed by atoms with van der Waals surface area (Å²) in [6.45, 7) is 12.1. The van der Waals surface area contributed by atoms with Crippen LogP contribution in [-0.2, 0) is 0 Å². The van der Waals surface area contributed by atoms with Crippen LogP contribution in [0.1, 0.15) is 40.5 Å². The van der Waals surface area contributed by atoms with E-state index in [-0.39, 0.29) is 11.5 Å². The van der Waals surface area contributed by atoms with Crippen molar-refractivity contribution in [1.82, 2.24) is 0 Å². The third-order valence-corrected chi connectivity index (χ3v) is 1.98. The fraction of sp³-hybridized carbons (Fsp3) is 0.800. The zero-order valence-electron chi connectivity index (χ0n) is 8.15. The first-order valence-corrected chi connectivity index (χ1v) is 4.22. The van der Waals surface area contributed by atoms with Crippen molar-refractivity contribution < 1.29 is 5.11 Å². The van der Waals surface area contributed by atoms with E-state index >= 15 is 0 Å². The Balaban J connectivity index is 3.87. The van der Waals surface area contributed by atoms with Crippen LogP contribution in [0, 0.1) is 5.41 Å². The second kappa shape index (κ2) is 3.91. The summed E-state index contributed by atoms with van der Waals surface area (Å²) in [5.41, 5.74) is 1.12. The molecule has 0 aromatic carbocycles. The van der Waals surface area contributed by atoms with E-state index in [1.807, 2.05) is 20.8 Å². The topological polar surface area (TPSA) is 20.2 Å². The lowest BCUT2D eigenvalue weighted by Crippen LogP contribution is -2.26. The molecule has 1 nitrogen and oxygen atoms in total. The molecule has 0 rings (SSSR count). The highest BCUT2D eigenvalue weighted by Crippen LogP contribution is 2.24. The molecule has 0 radical (unpaired) electrons. The zero-order valence-corrected chi connectivity index (χ0v) is 8.15. The summed E-state index contributed by atoms with van der Waals surface area (Å²) in [5, 5.41) is 9.63. The van der Waals surface area contributed by atoms with Crippen molar-refractivity contribution in [3.8, 4) is 0 Å². The summed E-state index contributed by atoms with van der Waals surface area (Å²) >= 11 is 0. The smallest absolute Gasteiger partial charge is 0.0625 e. The van der Waals surface area contributed by atoms with Crippen LogP contribution in [0.3, 0.4) is 0 Å². The third-order valence-electron chi connectivity index (χ3n) is 1.98. The standard InChI is InChI=1S/C10H20O/c1-6-8(2)7-9(11)10(3,4)5/h9,11H,2,6-7H2,1,3-5H3. The summed E-state index contributed by atoms with van der Waals surface area (Å²) in [7, 11) is 0. The molecule has 1 N–H and O–H groups in total. The molecule has 0 aliphatic carbocycles. The predicted molar refractivity (Wildman–Crippen MR) is 49.5 cm³/mol. The fourth-order valence-electron chi connectivity index (χ4n) is 0.724. The molecule has 0 spiro atoms. The van der Waals surface area contributed by atoms with Gasteiger partial charge >= 0.3 is 0 Å². The SMILES string of the molecule is C=C(CC)CC(O)C(C)(C)C. The highest BCUT2D eigenvalue weighted by molar-refractivity contribution is 4.96. The Labute approximate surface area is 70.1 Å². The van der Waals surface area contributed by atoms with Crippen LogP contribution in [0.2, 0.25) is 0 Å². The van der Waals surface area contributed by atoms with Gasteiger partial charge in [-0.25, -0.2) is 0 Å². The Morgan fingerprint density at radius 1 is 1.45 bits per heavy atom. The van der Waals surface area contributed by atoms with Crippen LogP contribution in [-0.4, -0.2) is 11.2 Å². The van der Waals surface area contributed by atoms with Gasteiger partial charge in [0.2, 0.25) is 0 Å². The molecule has 0 heterocycles. The van der Waals surface area contributed by atoms with E-state index in [1.165, 1.54) is 0 Å². The number of aliphatic hydroxyl groups excluding tert-OH is 1. The highest BCUT2D eigenvalue weighted by Gasteiger charge is 2.21. The minimum absolute atomic E-state index is 0.0158. The summed E-state index contributed by atoms with van der Waals surface area (Å²) in [6.07, 6.45) is 1.45. The first-order chi connectivity index (χ1) is 4.88. The van der Waals surface area contributed by atoms with Gasteiger partial charge in [-0.3, -0.25) is 0 Å². The van der Waals surface area contributed by atoms with Crippen LogP contribution >= 0.6 is 0 Å². The van der Waals surface area contributed by atoms with Crippen LogP contribution in [0.4, 0.5) is 0 Å². The van der Waals surface area contributed by atoms with Gasteiger partial charge in [0.25, 0.3) is 0 Å². The third kappa shape index (κ3) is 4.20. The Kier molecular flexibility index (Phi) is 3.81. The second-order valence-corrected chi connectivity index (χ2v) is 4.19. The predicted octanol–water partition coefficient (Wildman–Crippen LogP) is 2.75. The molecule has 0 saturated heterocycles. The van der Waals surface area contributed by atoms with Gasteiger partial charge in [-0.15, -0.1) is 0 Å². The van der Waals surface area contributed by atoms with Crippen molar-refractivity contribution in [2.45, 2.75) is 46.6 Å². The highest BCUT2D eigenvalue weighted by atomic mass is 16.3. The summed E-state index contributed by atoms with van der Waals surface area (Å²) in [6, 6.07) is 0. The average molecular weight is 156 g/mol. The molecule has 1 heteroatoms. The molecule has 11 heavy (non-hydrogen) atoms. The molecule has 0 aromatic rings. The summed E-state index contributed by atoms with van der Waals surface area (Å²) in [5.74, 6) is 0. The number of hydrogen-bond donors (Lipinski definition) is 1. The van der Waals surface area contributed by atoms with E-state index in [9.17, 15) is 5.11 Å². The molecule has 0 amide bonds. The first kappa shape index (κ1) is 10.7. The van der Waals surface area contributed by atoms with Gasteiger partial charge in [0.15, 0.2) is 0 Å². The molecule has 0 bridgehead atoms. The van der Waals surface area contributed by atoms with Crippen LogP contribution < -0.4 is 0 Å². The van der Waals surface area contributed by atoms with Crippen molar-refractivity contribution in [1.29, 1.82) is 0 Å². The van der Waals surface area contributed by atoms with Gasteiger partial charge in [-0.2, -0.15) is 0 Å². The molecule has 0 aliphatic heterocycles. The lowest BCUT2D eigenvalue weighted by atomic mass is 9.85. The Morgan fingerprint density at radius 2 is 1.91 bits per heavy atom. The lowest BCUT2D eigenvalue weighted by molar-refractivity contribution is 0.0631. The molecular formula is C10H20O. The molecule has 0 aromatic heterocycles. The van der Waals surface area contributed by atoms with Crippen molar-refractivity contribution in [3.05, 3.63) is 12.2 Å². The quantitative estimate of drug-likeness (QED) is 0.623. The fourth-order valence-corrected chi connectivity index (χ4v) is 0.724. The van der Waals surface area contributed by atoms with E-state index in [1.54, 1.807) is 0 Å². The molecular weight excluding hydrogens is 136 g/mol. The van der Waals surface area contributed by atoms with Gasteiger partial charge in [-0.1, -0.05) is 39.8 Å². The van der Waals surface area contributed by atoms with E-state index in [0.29, 0.717) is 0 Å². The Hall–Kier alpha value is -0.300. The summed E-state index contributed by atoms with van der Waals surface area (Å²) in [4.78, 5) is 0. The zero-order chi connectivity index (χ0) is 9.07. The minimum Gasteiger partial charge on any atom is -0.392 e. The molecule has 1 atom stereocenters. The van der Waals surface area contributed by atoms with E-state index in [2.05, 4.69) is 13.5 Å². The number of aliphatic hydroxyl groups is 1. The maximum Gasteiger partial charge on any atom is 0.0625 e. The van der Waals surface area contributed by atoms with E-state index < -0.39 is 0 Å². The first-order valence-electron chi connectivity index (χ1n) is 4.22. The maximum absolute atomic E-state index is 9.63. The van der Waals surface area contributed by atoms with Gasteiger partial charge in [-0.05, 0) is 18.3 Å². The van der Waals surface area contributed by atoms with Crippen molar-refractivity contribution in [3.63, 3.8) is 0 Å². The molecule has 0 aliphatic rings. The normalized spacial score (nSPS) is 14.6. The monoisotopic (exact) mass is 156 g/mol. The van der Waals surface area contributed by atoms with Gasteiger partial charge in [0.05, 0.1) is 6.10 Å². The van der Waals surface area contributed by atoms with Crippen LogP contribution in [0.15, 0.2) is 12.2 Å². The van der Waals surface area contributed by atoms with Gasteiger partial charge in [0.1, 0.15) is 0 Å². The van der Waals surface area contributed by atoms with E-state index in [4.69, 9.17) is 0 Å². The van der Waals surface area contributed by atoms with Gasteiger partial charge in [0, 0.05) is 0 Å². The number of hydrogen-bond acceptors (Lipinski definition) is 1. The Morgan fingerprint density at radius 3 is 2.18 bits per heavy atom. The van der Waals surface area contributed by atoms with Crippen LogP contribution in [0.5, 0.6) is 0 Å². The maximum atomic E-state index is 9.63. The van der Waals surface area contributed by atoms with Crippen molar-refractivity contribution in [2.75, 3.05) is 0 Å². The van der Waals surface area contributed by atoms with Crippen LogP contribution in [0.25, 0.3) is 0 Å². The van der Waals surface area contributed by atoms with Crippen molar-refractivity contribution >= 4 is 0 Å². The van der Waals surface area contributed by atoms with E-state index in [0.717, 1.165) is 18.4 Å².